The van der Waals surface area contributed by atoms with Gasteiger partial charge in [-0.25, -0.2) is 17.5 Å². The van der Waals surface area contributed by atoms with E-state index in [2.05, 4.69) is 22.2 Å². The van der Waals surface area contributed by atoms with Gasteiger partial charge in [0.25, 0.3) is 0 Å². The van der Waals surface area contributed by atoms with Crippen LogP contribution in [0.25, 0.3) is 0 Å². The molecule has 158 valence electrons. The third-order valence-corrected chi connectivity index (χ3v) is 6.50. The van der Waals surface area contributed by atoms with Gasteiger partial charge in [-0.05, 0) is 32.0 Å². The van der Waals surface area contributed by atoms with Gasteiger partial charge in [-0.3, -0.25) is 0 Å². The van der Waals surface area contributed by atoms with E-state index < -0.39 is 15.8 Å². The lowest BCUT2D eigenvalue weighted by Crippen LogP contribution is -2.41. The highest BCUT2D eigenvalue weighted by molar-refractivity contribution is 7.89. The molecule has 0 fully saturated rings. The van der Waals surface area contributed by atoms with Gasteiger partial charge in [-0.1, -0.05) is 30.3 Å². The summed E-state index contributed by atoms with van der Waals surface area (Å²) < 4.78 is 51.2. The van der Waals surface area contributed by atoms with Gasteiger partial charge in [-0.2, -0.15) is 0 Å². The van der Waals surface area contributed by atoms with Crippen LogP contribution in [0.4, 0.5) is 4.39 Å². The second-order valence-electron chi connectivity index (χ2n) is 6.97. The van der Waals surface area contributed by atoms with Gasteiger partial charge in [0.15, 0.2) is 11.6 Å². The summed E-state index contributed by atoms with van der Waals surface area (Å²) in [5.74, 6) is 0.174. The topological polar surface area (TPSA) is 76.7 Å². The molecule has 0 aliphatic carbocycles. The normalized spacial score (nSPS) is 18.7. The number of hydrogen-bond acceptors (Lipinski definition) is 5. The number of nitrogens with one attached hydrogen (secondary N) is 2. The lowest BCUT2D eigenvalue weighted by molar-refractivity contribution is 0.215. The first-order valence-corrected chi connectivity index (χ1v) is 11.4. The fourth-order valence-corrected chi connectivity index (χ4v) is 4.05. The van der Waals surface area contributed by atoms with E-state index in [1.165, 1.54) is 11.6 Å². The summed E-state index contributed by atoms with van der Waals surface area (Å²) in [4.78, 5) is 0. The van der Waals surface area contributed by atoms with Crippen molar-refractivity contribution in [2.45, 2.75) is 25.3 Å². The lowest BCUT2D eigenvalue weighted by Gasteiger charge is -2.34. The van der Waals surface area contributed by atoms with Crippen molar-refractivity contribution in [1.82, 2.24) is 10.0 Å². The third-order valence-electron chi connectivity index (χ3n) is 5.10. The van der Waals surface area contributed by atoms with Crippen LogP contribution < -0.4 is 19.5 Å². The van der Waals surface area contributed by atoms with E-state index in [0.29, 0.717) is 12.4 Å². The standard InChI is InChI=1S/C21H27FN2O4S/c1-3-29(25,26)24-9-10-27-21-12-17-16(11-15-7-5-4-6-8-15)19(23-2)14-28-20(17)13-18(21)22/h4-8,12-13,16,19,23-24H,3,9-11,14H2,1-2H3/t16-,19+/m0/s1. The Morgan fingerprint density at radius 3 is 2.69 bits per heavy atom. The average Bonchev–Trinajstić information content (AvgIpc) is 2.72. The van der Waals surface area contributed by atoms with E-state index in [1.807, 2.05) is 25.2 Å². The molecule has 0 radical (unpaired) electrons. The van der Waals surface area contributed by atoms with E-state index in [9.17, 15) is 12.8 Å². The van der Waals surface area contributed by atoms with Gasteiger partial charge in [0.1, 0.15) is 19.0 Å². The molecule has 1 aliphatic rings. The molecule has 0 aromatic heterocycles. The second-order valence-corrected chi connectivity index (χ2v) is 9.06. The van der Waals surface area contributed by atoms with E-state index >= 15 is 0 Å². The van der Waals surface area contributed by atoms with Crippen molar-refractivity contribution >= 4 is 10.0 Å². The largest absolute Gasteiger partial charge is 0.492 e. The number of ether oxygens (including phenoxy) is 2. The fourth-order valence-electron chi connectivity index (χ4n) is 3.45. The minimum absolute atomic E-state index is 0.00980. The van der Waals surface area contributed by atoms with Gasteiger partial charge in [0, 0.05) is 30.1 Å². The molecule has 0 amide bonds. The molecule has 3 rings (SSSR count). The number of benzene rings is 2. The van der Waals surface area contributed by atoms with Crippen molar-refractivity contribution in [2.24, 2.45) is 0 Å². The van der Waals surface area contributed by atoms with Gasteiger partial charge < -0.3 is 14.8 Å². The number of halogens is 1. The summed E-state index contributed by atoms with van der Waals surface area (Å²) in [7, 11) is -1.42. The predicted octanol–water partition coefficient (Wildman–Crippen LogP) is 2.45. The molecular weight excluding hydrogens is 395 g/mol. The Labute approximate surface area is 171 Å². The molecule has 0 saturated heterocycles. The molecule has 0 saturated carbocycles. The van der Waals surface area contributed by atoms with Crippen molar-refractivity contribution in [3.63, 3.8) is 0 Å². The zero-order chi connectivity index (χ0) is 20.9. The molecule has 29 heavy (non-hydrogen) atoms. The van der Waals surface area contributed by atoms with Crippen LogP contribution in [0, 0.1) is 5.82 Å². The van der Waals surface area contributed by atoms with Crippen LogP contribution in [0.15, 0.2) is 42.5 Å². The van der Waals surface area contributed by atoms with E-state index in [0.717, 1.165) is 12.0 Å². The fraction of sp³-hybridized carbons (Fsp3) is 0.429. The molecule has 6 nitrogen and oxygen atoms in total. The van der Waals surface area contributed by atoms with Gasteiger partial charge in [0.2, 0.25) is 10.0 Å². The molecular formula is C21H27FN2O4S. The summed E-state index contributed by atoms with van der Waals surface area (Å²) in [6.45, 7) is 2.13. The summed E-state index contributed by atoms with van der Waals surface area (Å²) in [5.41, 5.74) is 2.07. The molecule has 2 N–H and O–H groups in total. The maximum atomic E-state index is 14.5. The molecule has 1 heterocycles. The van der Waals surface area contributed by atoms with Crippen LogP contribution in [-0.4, -0.2) is 47.0 Å². The second kappa shape index (κ2) is 9.56. The lowest BCUT2D eigenvalue weighted by atomic mass is 9.84. The molecule has 0 spiro atoms. The number of rotatable bonds is 9. The third kappa shape index (κ3) is 5.46. The summed E-state index contributed by atoms with van der Waals surface area (Å²) in [6.07, 6.45) is 0.782. The first-order valence-electron chi connectivity index (χ1n) is 9.71. The number of likely N-dealkylation sites (N-methyl/N-ethyl adjacent to an activating group) is 1. The smallest absolute Gasteiger partial charge is 0.211 e. The molecule has 2 aromatic rings. The quantitative estimate of drug-likeness (QED) is 0.607. The van der Waals surface area contributed by atoms with Gasteiger partial charge >= 0.3 is 0 Å². The highest BCUT2D eigenvalue weighted by Gasteiger charge is 2.31. The molecule has 2 aromatic carbocycles. The van der Waals surface area contributed by atoms with Crippen molar-refractivity contribution < 1.29 is 22.3 Å². The molecule has 2 atom stereocenters. The van der Waals surface area contributed by atoms with Gasteiger partial charge in [0.05, 0.1) is 5.75 Å². The highest BCUT2D eigenvalue weighted by Crippen LogP contribution is 2.39. The van der Waals surface area contributed by atoms with Crippen LogP contribution in [0.5, 0.6) is 11.5 Å². The first-order chi connectivity index (χ1) is 13.9. The Bertz CT molecular complexity index is 922. The SMILES string of the molecule is CCS(=O)(=O)NCCOc1cc2c(cc1F)OC[C@@H](NC)[C@H]2Cc1ccccc1. The molecule has 1 aliphatic heterocycles. The van der Waals surface area contributed by atoms with Crippen LogP contribution in [0.1, 0.15) is 24.0 Å². The molecule has 0 bridgehead atoms. The predicted molar refractivity (Wildman–Crippen MR) is 111 cm³/mol. The highest BCUT2D eigenvalue weighted by atomic mass is 32.2. The molecule has 0 unspecified atom stereocenters. The van der Waals surface area contributed by atoms with Crippen LogP contribution in [0.3, 0.4) is 0 Å². The maximum absolute atomic E-state index is 14.5. The summed E-state index contributed by atoms with van der Waals surface area (Å²) in [5, 5.41) is 3.29. The van der Waals surface area contributed by atoms with Crippen molar-refractivity contribution in [2.75, 3.05) is 32.6 Å². The Kier molecular flexibility index (Phi) is 7.10. The Morgan fingerprint density at radius 1 is 1.24 bits per heavy atom. The monoisotopic (exact) mass is 422 g/mol. The minimum Gasteiger partial charge on any atom is -0.492 e. The minimum atomic E-state index is -3.30. The number of sulfonamides is 1. The maximum Gasteiger partial charge on any atom is 0.211 e. The summed E-state index contributed by atoms with van der Waals surface area (Å²) in [6, 6.07) is 13.2. The number of hydrogen-bond donors (Lipinski definition) is 2. The van der Waals surface area contributed by atoms with Crippen LogP contribution in [-0.2, 0) is 16.4 Å². The van der Waals surface area contributed by atoms with Crippen LogP contribution in [0.2, 0.25) is 0 Å². The van der Waals surface area contributed by atoms with E-state index in [-0.39, 0.29) is 36.6 Å². The Morgan fingerprint density at radius 2 is 2.00 bits per heavy atom. The molecule has 8 heteroatoms. The average molecular weight is 423 g/mol. The van der Waals surface area contributed by atoms with Crippen molar-refractivity contribution in [1.29, 1.82) is 0 Å². The zero-order valence-corrected chi connectivity index (χ0v) is 17.5. The van der Waals surface area contributed by atoms with E-state index in [1.54, 1.807) is 13.0 Å². The zero-order valence-electron chi connectivity index (χ0n) is 16.7. The van der Waals surface area contributed by atoms with Crippen molar-refractivity contribution in [3.8, 4) is 11.5 Å². The number of fused-ring (bicyclic) bond motifs is 1. The van der Waals surface area contributed by atoms with Crippen molar-refractivity contribution in [3.05, 3.63) is 59.4 Å². The summed E-state index contributed by atoms with van der Waals surface area (Å²) >= 11 is 0. The Hall–Kier alpha value is -2.16. The first kappa shape index (κ1) is 21.5. The Balaban J connectivity index is 1.79. The van der Waals surface area contributed by atoms with E-state index in [4.69, 9.17) is 9.47 Å². The van der Waals surface area contributed by atoms with Gasteiger partial charge in [-0.15, -0.1) is 0 Å². The van der Waals surface area contributed by atoms with Crippen LogP contribution >= 0.6 is 0 Å².